The van der Waals surface area contributed by atoms with Crippen LogP contribution in [0.5, 0.6) is 0 Å². The fraction of sp³-hybridized carbons (Fsp3) is 0.222. The molecule has 132 valence electrons. The largest absolute Gasteiger partial charge is 0.396 e. The first kappa shape index (κ1) is 16.6. The van der Waals surface area contributed by atoms with Crippen molar-refractivity contribution in [2.45, 2.75) is 13.3 Å². The molecule has 0 aliphatic rings. The van der Waals surface area contributed by atoms with Crippen LogP contribution in [0.2, 0.25) is 0 Å². The number of thiophene rings is 1. The standard InChI is InChI=1S/C18H17N5O2S/c1-11-3-5-12(6-4-11)23-10-20-15-14-13(26-16(15)18(23)25)9-21-22-17(14)19-7-2-8-24/h3-6,9-10,24H,2,7-8H2,1H3,(H,19,22). The summed E-state index contributed by atoms with van der Waals surface area (Å²) in [5.41, 5.74) is 2.43. The van der Waals surface area contributed by atoms with Gasteiger partial charge in [-0.15, -0.1) is 16.4 Å². The highest BCUT2D eigenvalue weighted by molar-refractivity contribution is 7.25. The van der Waals surface area contributed by atoms with Gasteiger partial charge in [-0.05, 0) is 25.5 Å². The number of aryl methyl sites for hydroxylation is 1. The molecule has 7 nitrogen and oxygen atoms in total. The third kappa shape index (κ3) is 2.83. The van der Waals surface area contributed by atoms with Crippen LogP contribution in [0.1, 0.15) is 12.0 Å². The number of benzene rings is 1. The first-order valence-corrected chi connectivity index (χ1v) is 9.08. The summed E-state index contributed by atoms with van der Waals surface area (Å²) in [5.74, 6) is 0.585. The monoisotopic (exact) mass is 367 g/mol. The smallest absolute Gasteiger partial charge is 0.275 e. The maximum Gasteiger partial charge on any atom is 0.275 e. The van der Waals surface area contributed by atoms with Crippen LogP contribution < -0.4 is 10.9 Å². The number of nitrogens with one attached hydrogen (secondary N) is 1. The maximum atomic E-state index is 13.0. The Hall–Kier alpha value is -2.84. The van der Waals surface area contributed by atoms with Crippen molar-refractivity contribution in [1.29, 1.82) is 0 Å². The van der Waals surface area contributed by atoms with Crippen molar-refractivity contribution < 1.29 is 5.11 Å². The van der Waals surface area contributed by atoms with E-state index in [1.165, 1.54) is 11.3 Å². The molecule has 0 unspecified atom stereocenters. The van der Waals surface area contributed by atoms with Crippen molar-refractivity contribution >= 4 is 37.5 Å². The average Bonchev–Trinajstić information content (AvgIpc) is 3.04. The predicted molar refractivity (Wildman–Crippen MR) is 103 cm³/mol. The van der Waals surface area contributed by atoms with E-state index in [4.69, 9.17) is 5.11 Å². The molecule has 3 aromatic heterocycles. The van der Waals surface area contributed by atoms with E-state index in [0.717, 1.165) is 21.3 Å². The Bertz CT molecular complexity index is 1130. The van der Waals surface area contributed by atoms with Crippen LogP contribution in [0.4, 0.5) is 5.82 Å². The van der Waals surface area contributed by atoms with E-state index in [1.54, 1.807) is 17.1 Å². The molecule has 0 fully saturated rings. The summed E-state index contributed by atoms with van der Waals surface area (Å²) in [4.78, 5) is 17.5. The van der Waals surface area contributed by atoms with Crippen LogP contribution >= 0.6 is 11.3 Å². The first-order chi connectivity index (χ1) is 12.7. The first-order valence-electron chi connectivity index (χ1n) is 8.26. The normalized spacial score (nSPS) is 11.3. The summed E-state index contributed by atoms with van der Waals surface area (Å²) in [6.45, 7) is 2.67. The molecular formula is C18H17N5O2S. The van der Waals surface area contributed by atoms with E-state index in [9.17, 15) is 4.79 Å². The van der Waals surface area contributed by atoms with Crippen molar-refractivity contribution in [3.63, 3.8) is 0 Å². The Morgan fingerprint density at radius 3 is 2.85 bits per heavy atom. The van der Waals surface area contributed by atoms with E-state index in [-0.39, 0.29) is 12.2 Å². The molecule has 3 heterocycles. The third-order valence-corrected chi connectivity index (χ3v) is 5.24. The molecular weight excluding hydrogens is 350 g/mol. The number of nitrogens with zero attached hydrogens (tertiary/aromatic N) is 4. The Morgan fingerprint density at radius 2 is 2.08 bits per heavy atom. The predicted octanol–water partition coefficient (Wildman–Crippen LogP) is 2.49. The summed E-state index contributed by atoms with van der Waals surface area (Å²) >= 11 is 1.37. The molecule has 2 N–H and O–H groups in total. The fourth-order valence-corrected chi connectivity index (χ4v) is 3.84. The van der Waals surface area contributed by atoms with Crippen LogP contribution in [0.3, 0.4) is 0 Å². The van der Waals surface area contributed by atoms with Crippen molar-refractivity contribution in [3.8, 4) is 5.69 Å². The van der Waals surface area contributed by atoms with Gasteiger partial charge in [0, 0.05) is 13.2 Å². The second-order valence-electron chi connectivity index (χ2n) is 5.97. The summed E-state index contributed by atoms with van der Waals surface area (Å²) in [7, 11) is 0. The number of fused-ring (bicyclic) bond motifs is 3. The van der Waals surface area contributed by atoms with Crippen LogP contribution in [0.15, 0.2) is 41.6 Å². The van der Waals surface area contributed by atoms with Gasteiger partial charge in [-0.3, -0.25) is 9.36 Å². The number of aliphatic hydroxyl groups is 1. The van der Waals surface area contributed by atoms with Gasteiger partial charge in [0.15, 0.2) is 5.82 Å². The molecule has 8 heteroatoms. The SMILES string of the molecule is Cc1ccc(-n2cnc3c(sc4cnnc(NCCCO)c43)c2=O)cc1. The Morgan fingerprint density at radius 1 is 1.27 bits per heavy atom. The third-order valence-electron chi connectivity index (χ3n) is 4.13. The molecule has 0 saturated carbocycles. The van der Waals surface area contributed by atoms with Crippen LogP contribution in [0, 0.1) is 6.92 Å². The molecule has 0 spiro atoms. The molecule has 4 aromatic rings. The van der Waals surface area contributed by atoms with Crippen molar-refractivity contribution in [1.82, 2.24) is 19.7 Å². The number of aromatic nitrogens is 4. The molecule has 1 aromatic carbocycles. The van der Waals surface area contributed by atoms with Crippen molar-refractivity contribution in [2.24, 2.45) is 0 Å². The van der Waals surface area contributed by atoms with Crippen LogP contribution in [0.25, 0.3) is 26.0 Å². The number of anilines is 1. The van der Waals surface area contributed by atoms with Gasteiger partial charge in [-0.1, -0.05) is 17.7 Å². The number of hydrogen-bond acceptors (Lipinski definition) is 7. The van der Waals surface area contributed by atoms with Gasteiger partial charge < -0.3 is 10.4 Å². The average molecular weight is 367 g/mol. The number of hydrogen-bond donors (Lipinski definition) is 2. The second kappa shape index (κ2) is 6.81. The summed E-state index contributed by atoms with van der Waals surface area (Å²) < 4.78 is 2.98. The Balaban J connectivity index is 1.88. The zero-order valence-electron chi connectivity index (χ0n) is 14.1. The maximum absolute atomic E-state index is 13.0. The van der Waals surface area contributed by atoms with E-state index in [2.05, 4.69) is 20.5 Å². The minimum atomic E-state index is -0.110. The van der Waals surface area contributed by atoms with Gasteiger partial charge in [0.2, 0.25) is 0 Å². The second-order valence-corrected chi connectivity index (χ2v) is 7.02. The highest BCUT2D eigenvalue weighted by atomic mass is 32.1. The zero-order chi connectivity index (χ0) is 18.1. The Labute approximate surface area is 153 Å². The van der Waals surface area contributed by atoms with Crippen molar-refractivity contribution in [3.05, 3.63) is 52.7 Å². The lowest BCUT2D eigenvalue weighted by molar-refractivity contribution is 0.292. The number of rotatable bonds is 5. The lowest BCUT2D eigenvalue weighted by Crippen LogP contribution is -2.17. The number of aliphatic hydroxyl groups excluding tert-OH is 1. The fourth-order valence-electron chi connectivity index (χ4n) is 2.79. The van der Waals surface area contributed by atoms with Gasteiger partial charge in [0.05, 0.1) is 22.0 Å². The minimum absolute atomic E-state index is 0.0975. The minimum Gasteiger partial charge on any atom is -0.396 e. The van der Waals surface area contributed by atoms with E-state index < -0.39 is 0 Å². The summed E-state index contributed by atoms with van der Waals surface area (Å²) in [5, 5.41) is 21.1. The van der Waals surface area contributed by atoms with E-state index in [1.807, 2.05) is 31.2 Å². The van der Waals surface area contributed by atoms with Gasteiger partial charge in [0.1, 0.15) is 16.5 Å². The lowest BCUT2D eigenvalue weighted by Gasteiger charge is -2.06. The topological polar surface area (TPSA) is 92.9 Å². The summed E-state index contributed by atoms with van der Waals surface area (Å²) in [6, 6.07) is 7.74. The summed E-state index contributed by atoms with van der Waals surface area (Å²) in [6.07, 6.45) is 3.81. The molecule has 26 heavy (non-hydrogen) atoms. The highest BCUT2D eigenvalue weighted by Crippen LogP contribution is 2.33. The molecule has 0 bridgehead atoms. The molecule has 0 amide bonds. The quantitative estimate of drug-likeness (QED) is 0.527. The van der Waals surface area contributed by atoms with Gasteiger partial charge in [-0.2, -0.15) is 5.10 Å². The molecule has 0 radical (unpaired) electrons. The van der Waals surface area contributed by atoms with Crippen LogP contribution in [-0.4, -0.2) is 38.0 Å². The highest BCUT2D eigenvalue weighted by Gasteiger charge is 2.16. The van der Waals surface area contributed by atoms with Gasteiger partial charge in [0.25, 0.3) is 5.56 Å². The van der Waals surface area contributed by atoms with E-state index in [0.29, 0.717) is 29.0 Å². The van der Waals surface area contributed by atoms with Gasteiger partial charge in [-0.25, -0.2) is 4.98 Å². The molecule has 0 saturated heterocycles. The lowest BCUT2D eigenvalue weighted by atomic mass is 10.2. The van der Waals surface area contributed by atoms with E-state index >= 15 is 0 Å². The Kier molecular flexibility index (Phi) is 4.36. The van der Waals surface area contributed by atoms with Crippen LogP contribution in [-0.2, 0) is 0 Å². The zero-order valence-corrected chi connectivity index (χ0v) is 15.0. The molecule has 0 aliphatic heterocycles. The van der Waals surface area contributed by atoms with Crippen molar-refractivity contribution in [2.75, 3.05) is 18.5 Å². The van der Waals surface area contributed by atoms with Gasteiger partial charge >= 0.3 is 0 Å². The molecule has 0 aliphatic carbocycles. The molecule has 0 atom stereocenters. The molecule has 4 rings (SSSR count).